The highest BCUT2D eigenvalue weighted by atomic mass is 16.5. The van der Waals surface area contributed by atoms with Crippen LogP contribution < -0.4 is 14.8 Å². The van der Waals surface area contributed by atoms with E-state index in [1.54, 1.807) is 20.3 Å². The van der Waals surface area contributed by atoms with Gasteiger partial charge in [0.05, 0.1) is 14.2 Å². The lowest BCUT2D eigenvalue weighted by molar-refractivity contribution is -0.111. The number of rotatable bonds is 8. The summed E-state index contributed by atoms with van der Waals surface area (Å²) in [7, 11) is 3.19. The fourth-order valence-electron chi connectivity index (χ4n) is 3.53. The van der Waals surface area contributed by atoms with E-state index < -0.39 is 0 Å². The first-order valence-electron chi connectivity index (χ1n) is 10.4. The summed E-state index contributed by atoms with van der Waals surface area (Å²) in [5, 5.41) is 2.91. The van der Waals surface area contributed by atoms with Gasteiger partial charge in [0.25, 0.3) is 0 Å². The SMILES string of the molecule is CCN1CCN(Cc2ccc(NC(=O)C=Cc3ccc(OC)c(OC)c3)cc2)CC1. The summed E-state index contributed by atoms with van der Waals surface area (Å²) in [4.78, 5) is 17.2. The van der Waals surface area contributed by atoms with Gasteiger partial charge >= 0.3 is 0 Å². The molecule has 1 aliphatic heterocycles. The van der Waals surface area contributed by atoms with E-state index in [-0.39, 0.29) is 5.91 Å². The number of nitrogens with one attached hydrogen (secondary N) is 1. The summed E-state index contributed by atoms with van der Waals surface area (Å²) in [5.41, 5.74) is 2.91. The van der Waals surface area contributed by atoms with E-state index >= 15 is 0 Å². The number of carbonyl (C=O) groups is 1. The Kier molecular flexibility index (Phi) is 7.88. The number of methoxy groups -OCH3 is 2. The zero-order chi connectivity index (χ0) is 21.3. The number of ether oxygens (including phenoxy) is 2. The molecule has 2 aromatic rings. The minimum Gasteiger partial charge on any atom is -0.493 e. The fourth-order valence-corrected chi connectivity index (χ4v) is 3.53. The fraction of sp³-hybridized carbons (Fsp3) is 0.375. The summed E-state index contributed by atoms with van der Waals surface area (Å²) in [5.74, 6) is 1.12. The van der Waals surface area contributed by atoms with Gasteiger partial charge in [0, 0.05) is 44.5 Å². The number of nitrogens with zero attached hydrogens (tertiary/aromatic N) is 2. The maximum absolute atomic E-state index is 12.3. The van der Waals surface area contributed by atoms with E-state index in [0.717, 1.165) is 50.5 Å². The highest BCUT2D eigenvalue weighted by Gasteiger charge is 2.15. The molecule has 0 bridgehead atoms. The number of hydrogen-bond acceptors (Lipinski definition) is 5. The number of amides is 1. The van der Waals surface area contributed by atoms with Gasteiger partial charge in [0.15, 0.2) is 11.5 Å². The molecule has 1 heterocycles. The van der Waals surface area contributed by atoms with Crippen LogP contribution in [0.3, 0.4) is 0 Å². The Morgan fingerprint density at radius 1 is 0.967 bits per heavy atom. The lowest BCUT2D eigenvalue weighted by Gasteiger charge is -2.34. The third-order valence-electron chi connectivity index (χ3n) is 5.37. The van der Waals surface area contributed by atoms with Gasteiger partial charge in [-0.2, -0.15) is 0 Å². The molecule has 6 nitrogen and oxygen atoms in total. The van der Waals surface area contributed by atoms with Gasteiger partial charge < -0.3 is 19.7 Å². The number of benzene rings is 2. The van der Waals surface area contributed by atoms with Crippen LogP contribution in [0.4, 0.5) is 5.69 Å². The van der Waals surface area contributed by atoms with Crippen molar-refractivity contribution in [2.75, 3.05) is 52.3 Å². The van der Waals surface area contributed by atoms with Crippen molar-refractivity contribution in [3.63, 3.8) is 0 Å². The van der Waals surface area contributed by atoms with Gasteiger partial charge in [0.1, 0.15) is 0 Å². The molecular formula is C24H31N3O3. The van der Waals surface area contributed by atoms with Gasteiger partial charge in [-0.25, -0.2) is 0 Å². The Bertz CT molecular complexity index is 856. The first-order valence-corrected chi connectivity index (χ1v) is 10.4. The molecule has 160 valence electrons. The summed E-state index contributed by atoms with van der Waals surface area (Å²) >= 11 is 0. The highest BCUT2D eigenvalue weighted by molar-refractivity contribution is 6.01. The standard InChI is InChI=1S/C24H31N3O3/c1-4-26-13-15-27(16-14-26)18-20-5-9-21(10-6-20)25-24(28)12-8-19-7-11-22(29-2)23(17-19)30-3/h5-12,17H,4,13-16,18H2,1-3H3,(H,25,28). The third-order valence-corrected chi connectivity index (χ3v) is 5.37. The lowest BCUT2D eigenvalue weighted by Crippen LogP contribution is -2.45. The monoisotopic (exact) mass is 409 g/mol. The molecule has 1 N–H and O–H groups in total. The Hall–Kier alpha value is -2.83. The van der Waals surface area contributed by atoms with Crippen LogP contribution in [0.2, 0.25) is 0 Å². The molecule has 0 unspecified atom stereocenters. The predicted octanol–water partition coefficient (Wildman–Crippen LogP) is 3.49. The van der Waals surface area contributed by atoms with Crippen LogP contribution in [0, 0.1) is 0 Å². The summed E-state index contributed by atoms with van der Waals surface area (Å²) < 4.78 is 10.5. The molecule has 1 aliphatic rings. The second-order valence-corrected chi connectivity index (χ2v) is 7.34. The molecule has 1 saturated heterocycles. The van der Waals surface area contributed by atoms with Gasteiger partial charge in [-0.1, -0.05) is 25.1 Å². The molecule has 1 fully saturated rings. The predicted molar refractivity (Wildman–Crippen MR) is 121 cm³/mol. The number of carbonyl (C=O) groups excluding carboxylic acids is 1. The van der Waals surface area contributed by atoms with Crippen LogP contribution in [-0.2, 0) is 11.3 Å². The number of hydrogen-bond donors (Lipinski definition) is 1. The normalized spacial score (nSPS) is 15.3. The maximum Gasteiger partial charge on any atom is 0.248 e. The number of piperazine rings is 1. The Labute approximate surface area is 179 Å². The van der Waals surface area contributed by atoms with Gasteiger partial charge in [0.2, 0.25) is 5.91 Å². The topological polar surface area (TPSA) is 54.0 Å². The molecule has 0 aromatic heterocycles. The van der Waals surface area contributed by atoms with Crippen molar-refractivity contribution in [1.29, 1.82) is 0 Å². The number of likely N-dealkylation sites (N-methyl/N-ethyl adjacent to an activating group) is 1. The zero-order valence-corrected chi connectivity index (χ0v) is 18.1. The van der Waals surface area contributed by atoms with E-state index in [9.17, 15) is 4.79 Å². The molecule has 1 amide bonds. The Morgan fingerprint density at radius 2 is 1.63 bits per heavy atom. The van der Waals surface area contributed by atoms with E-state index in [0.29, 0.717) is 11.5 Å². The van der Waals surface area contributed by atoms with Crippen LogP contribution in [0.5, 0.6) is 11.5 Å². The van der Waals surface area contributed by atoms with E-state index in [4.69, 9.17) is 9.47 Å². The zero-order valence-electron chi connectivity index (χ0n) is 18.1. The van der Waals surface area contributed by atoms with Gasteiger partial charge in [-0.3, -0.25) is 9.69 Å². The maximum atomic E-state index is 12.3. The largest absolute Gasteiger partial charge is 0.493 e. The quantitative estimate of drug-likeness (QED) is 0.677. The molecule has 3 rings (SSSR count). The van der Waals surface area contributed by atoms with Crippen molar-refractivity contribution in [1.82, 2.24) is 9.80 Å². The van der Waals surface area contributed by atoms with Crippen molar-refractivity contribution in [3.05, 3.63) is 59.7 Å². The molecule has 2 aromatic carbocycles. The van der Waals surface area contributed by atoms with Crippen molar-refractivity contribution < 1.29 is 14.3 Å². The molecule has 0 radical (unpaired) electrons. The van der Waals surface area contributed by atoms with Gasteiger partial charge in [-0.05, 0) is 48.0 Å². The van der Waals surface area contributed by atoms with Crippen LogP contribution in [0.25, 0.3) is 6.08 Å². The Balaban J connectivity index is 1.51. The summed E-state index contributed by atoms with van der Waals surface area (Å²) in [6, 6.07) is 13.6. The second kappa shape index (κ2) is 10.8. The van der Waals surface area contributed by atoms with E-state index in [1.807, 2.05) is 30.3 Å². The average Bonchev–Trinajstić information content (AvgIpc) is 2.79. The highest BCUT2D eigenvalue weighted by Crippen LogP contribution is 2.28. The minimum absolute atomic E-state index is 0.173. The molecular weight excluding hydrogens is 378 g/mol. The molecule has 30 heavy (non-hydrogen) atoms. The summed E-state index contributed by atoms with van der Waals surface area (Å²) in [6.07, 6.45) is 3.27. The van der Waals surface area contributed by atoms with Crippen LogP contribution in [0.15, 0.2) is 48.5 Å². The first-order chi connectivity index (χ1) is 14.6. The molecule has 0 saturated carbocycles. The van der Waals surface area contributed by atoms with E-state index in [2.05, 4.69) is 34.2 Å². The van der Waals surface area contributed by atoms with Crippen molar-refractivity contribution in [2.45, 2.75) is 13.5 Å². The smallest absolute Gasteiger partial charge is 0.248 e. The van der Waals surface area contributed by atoms with Crippen molar-refractivity contribution in [2.24, 2.45) is 0 Å². The average molecular weight is 410 g/mol. The molecule has 0 aliphatic carbocycles. The molecule has 0 atom stereocenters. The van der Waals surface area contributed by atoms with Crippen molar-refractivity contribution >= 4 is 17.7 Å². The third kappa shape index (κ3) is 6.08. The van der Waals surface area contributed by atoms with E-state index in [1.165, 1.54) is 11.6 Å². The molecule has 0 spiro atoms. The van der Waals surface area contributed by atoms with Crippen LogP contribution in [0.1, 0.15) is 18.1 Å². The first kappa shape index (κ1) is 21.9. The molecule has 6 heteroatoms. The van der Waals surface area contributed by atoms with Gasteiger partial charge in [-0.15, -0.1) is 0 Å². The van der Waals surface area contributed by atoms with Crippen LogP contribution in [-0.4, -0.2) is 62.7 Å². The number of anilines is 1. The van der Waals surface area contributed by atoms with Crippen molar-refractivity contribution in [3.8, 4) is 11.5 Å². The minimum atomic E-state index is -0.173. The Morgan fingerprint density at radius 3 is 2.27 bits per heavy atom. The summed E-state index contributed by atoms with van der Waals surface area (Å²) in [6.45, 7) is 8.77. The van der Waals surface area contributed by atoms with Crippen LogP contribution >= 0.6 is 0 Å². The lowest BCUT2D eigenvalue weighted by atomic mass is 10.1. The second-order valence-electron chi connectivity index (χ2n) is 7.34.